The molecule has 1 saturated heterocycles. The molecular formula is C13H20N4O. The molecule has 0 spiro atoms. The number of nitrogens with zero attached hydrogens (tertiary/aromatic N) is 3. The van der Waals surface area contributed by atoms with Crippen LogP contribution in [-0.2, 0) is 11.2 Å². The summed E-state index contributed by atoms with van der Waals surface area (Å²) < 4.78 is 0. The van der Waals surface area contributed by atoms with Crippen LogP contribution in [0, 0.1) is 5.92 Å². The molecule has 0 saturated carbocycles. The Balaban J connectivity index is 1.93. The second kappa shape index (κ2) is 5.80. The summed E-state index contributed by atoms with van der Waals surface area (Å²) in [4.78, 5) is 13.7. The van der Waals surface area contributed by atoms with Crippen LogP contribution in [0.3, 0.4) is 0 Å². The van der Waals surface area contributed by atoms with Gasteiger partial charge in [-0.15, -0.1) is 5.10 Å². The molecule has 1 fully saturated rings. The SMILES string of the molecule is CCC(=O)N1CCC[C@@H](Cc2ccc(N)nn2)C1. The number of nitrogens with two attached hydrogens (primary N) is 1. The molecule has 0 bridgehead atoms. The van der Waals surface area contributed by atoms with E-state index in [0.717, 1.165) is 38.0 Å². The fraction of sp³-hybridized carbons (Fsp3) is 0.615. The van der Waals surface area contributed by atoms with Crippen LogP contribution in [0.25, 0.3) is 0 Å². The summed E-state index contributed by atoms with van der Waals surface area (Å²) in [5, 5.41) is 7.95. The summed E-state index contributed by atoms with van der Waals surface area (Å²) >= 11 is 0. The lowest BCUT2D eigenvalue weighted by atomic mass is 9.93. The molecule has 5 heteroatoms. The van der Waals surface area contributed by atoms with Gasteiger partial charge in [-0.3, -0.25) is 4.79 Å². The molecule has 1 amide bonds. The quantitative estimate of drug-likeness (QED) is 0.873. The third-order valence-electron chi connectivity index (χ3n) is 3.41. The van der Waals surface area contributed by atoms with E-state index in [1.54, 1.807) is 6.07 Å². The van der Waals surface area contributed by atoms with Crippen molar-refractivity contribution in [2.24, 2.45) is 5.92 Å². The van der Waals surface area contributed by atoms with Crippen molar-refractivity contribution in [2.75, 3.05) is 18.8 Å². The van der Waals surface area contributed by atoms with Crippen molar-refractivity contribution in [3.63, 3.8) is 0 Å². The van der Waals surface area contributed by atoms with E-state index in [2.05, 4.69) is 10.2 Å². The first-order valence-corrected chi connectivity index (χ1v) is 6.55. The molecule has 0 unspecified atom stereocenters. The van der Waals surface area contributed by atoms with Crippen molar-refractivity contribution >= 4 is 11.7 Å². The summed E-state index contributed by atoms with van der Waals surface area (Å²) in [6.45, 7) is 3.66. The standard InChI is InChI=1S/C13H20N4O/c1-2-13(18)17-7-3-4-10(9-17)8-11-5-6-12(14)16-15-11/h5-6,10H,2-4,7-9H2,1H3,(H2,14,16)/t10-/m0/s1. The smallest absolute Gasteiger partial charge is 0.222 e. The zero-order valence-corrected chi connectivity index (χ0v) is 10.8. The normalized spacial score (nSPS) is 19.8. The molecule has 2 N–H and O–H groups in total. The number of aromatic nitrogens is 2. The van der Waals surface area contributed by atoms with Crippen molar-refractivity contribution in [1.82, 2.24) is 15.1 Å². The highest BCUT2D eigenvalue weighted by molar-refractivity contribution is 5.75. The van der Waals surface area contributed by atoms with Crippen LogP contribution >= 0.6 is 0 Å². The fourth-order valence-electron chi connectivity index (χ4n) is 2.46. The third-order valence-corrected chi connectivity index (χ3v) is 3.41. The predicted octanol–water partition coefficient (Wildman–Crippen LogP) is 1.25. The number of likely N-dealkylation sites (tertiary alicyclic amines) is 1. The first kappa shape index (κ1) is 12.8. The number of carbonyl (C=O) groups is 1. The Kier molecular flexibility index (Phi) is 4.12. The molecule has 0 aliphatic carbocycles. The largest absolute Gasteiger partial charge is 0.382 e. The van der Waals surface area contributed by atoms with Crippen LogP contribution < -0.4 is 5.73 Å². The van der Waals surface area contributed by atoms with E-state index >= 15 is 0 Å². The maximum Gasteiger partial charge on any atom is 0.222 e. The molecular weight excluding hydrogens is 228 g/mol. The van der Waals surface area contributed by atoms with Crippen LogP contribution in [0.15, 0.2) is 12.1 Å². The molecule has 18 heavy (non-hydrogen) atoms. The number of carbonyl (C=O) groups excluding carboxylic acids is 1. The maximum atomic E-state index is 11.7. The lowest BCUT2D eigenvalue weighted by Gasteiger charge is -2.32. The number of piperidine rings is 1. The average Bonchev–Trinajstić information content (AvgIpc) is 2.41. The lowest BCUT2D eigenvalue weighted by molar-refractivity contribution is -0.132. The minimum absolute atomic E-state index is 0.253. The van der Waals surface area contributed by atoms with E-state index in [-0.39, 0.29) is 5.91 Å². The Morgan fingerprint density at radius 1 is 1.50 bits per heavy atom. The molecule has 0 aromatic carbocycles. The Morgan fingerprint density at radius 2 is 2.33 bits per heavy atom. The molecule has 2 heterocycles. The summed E-state index contributed by atoms with van der Waals surface area (Å²) in [5.41, 5.74) is 6.47. The van der Waals surface area contributed by atoms with E-state index in [1.165, 1.54) is 0 Å². The Hall–Kier alpha value is -1.65. The number of anilines is 1. The van der Waals surface area contributed by atoms with Crippen molar-refractivity contribution in [2.45, 2.75) is 32.6 Å². The van der Waals surface area contributed by atoms with Crippen molar-refractivity contribution in [3.8, 4) is 0 Å². The Labute approximate surface area is 107 Å². The molecule has 1 aliphatic heterocycles. The Bertz CT molecular complexity index is 404. The molecule has 1 atom stereocenters. The van der Waals surface area contributed by atoms with Crippen molar-refractivity contribution < 1.29 is 4.79 Å². The lowest BCUT2D eigenvalue weighted by Crippen LogP contribution is -2.40. The van der Waals surface area contributed by atoms with Gasteiger partial charge in [-0.2, -0.15) is 5.10 Å². The second-order valence-electron chi connectivity index (χ2n) is 4.86. The summed E-state index contributed by atoms with van der Waals surface area (Å²) in [7, 11) is 0. The minimum atomic E-state index is 0.253. The number of nitrogen functional groups attached to an aromatic ring is 1. The molecule has 98 valence electrons. The minimum Gasteiger partial charge on any atom is -0.382 e. The molecule has 0 radical (unpaired) electrons. The highest BCUT2D eigenvalue weighted by atomic mass is 16.2. The number of hydrogen-bond donors (Lipinski definition) is 1. The molecule has 5 nitrogen and oxygen atoms in total. The topological polar surface area (TPSA) is 72.1 Å². The van der Waals surface area contributed by atoms with Gasteiger partial charge < -0.3 is 10.6 Å². The van der Waals surface area contributed by atoms with Crippen LogP contribution in [0.1, 0.15) is 31.9 Å². The highest BCUT2D eigenvalue weighted by Crippen LogP contribution is 2.20. The number of hydrogen-bond acceptors (Lipinski definition) is 4. The van der Waals surface area contributed by atoms with Crippen LogP contribution in [-0.4, -0.2) is 34.1 Å². The van der Waals surface area contributed by atoms with Crippen LogP contribution in [0.4, 0.5) is 5.82 Å². The van der Waals surface area contributed by atoms with Crippen molar-refractivity contribution in [3.05, 3.63) is 17.8 Å². The van der Waals surface area contributed by atoms with Gasteiger partial charge in [0.25, 0.3) is 0 Å². The second-order valence-corrected chi connectivity index (χ2v) is 4.86. The molecule has 1 aromatic heterocycles. The monoisotopic (exact) mass is 248 g/mol. The van der Waals surface area contributed by atoms with Gasteiger partial charge in [0, 0.05) is 19.5 Å². The van der Waals surface area contributed by atoms with E-state index in [0.29, 0.717) is 18.2 Å². The van der Waals surface area contributed by atoms with Gasteiger partial charge >= 0.3 is 0 Å². The van der Waals surface area contributed by atoms with E-state index in [9.17, 15) is 4.79 Å². The van der Waals surface area contributed by atoms with Gasteiger partial charge in [-0.05, 0) is 37.3 Å². The predicted molar refractivity (Wildman–Crippen MR) is 69.7 cm³/mol. The van der Waals surface area contributed by atoms with Crippen LogP contribution in [0.5, 0.6) is 0 Å². The van der Waals surface area contributed by atoms with Crippen molar-refractivity contribution in [1.29, 1.82) is 0 Å². The molecule has 1 aromatic rings. The summed E-state index contributed by atoms with van der Waals surface area (Å²) in [6, 6.07) is 3.70. The Morgan fingerprint density at radius 3 is 3.00 bits per heavy atom. The van der Waals surface area contributed by atoms with Gasteiger partial charge in [-0.25, -0.2) is 0 Å². The molecule has 1 aliphatic rings. The average molecular weight is 248 g/mol. The van der Waals surface area contributed by atoms with E-state index < -0.39 is 0 Å². The van der Waals surface area contributed by atoms with Gasteiger partial charge in [-0.1, -0.05) is 6.92 Å². The number of rotatable bonds is 3. The number of amides is 1. The van der Waals surface area contributed by atoms with Gasteiger partial charge in [0.15, 0.2) is 0 Å². The first-order chi connectivity index (χ1) is 8.69. The zero-order chi connectivity index (χ0) is 13.0. The highest BCUT2D eigenvalue weighted by Gasteiger charge is 2.23. The van der Waals surface area contributed by atoms with Crippen LogP contribution in [0.2, 0.25) is 0 Å². The van der Waals surface area contributed by atoms with Gasteiger partial charge in [0.1, 0.15) is 5.82 Å². The zero-order valence-electron chi connectivity index (χ0n) is 10.8. The van der Waals surface area contributed by atoms with Gasteiger partial charge in [0.05, 0.1) is 5.69 Å². The molecule has 2 rings (SSSR count). The fourth-order valence-corrected chi connectivity index (χ4v) is 2.46. The summed E-state index contributed by atoms with van der Waals surface area (Å²) in [6.07, 6.45) is 3.70. The maximum absolute atomic E-state index is 11.7. The van der Waals surface area contributed by atoms with E-state index in [1.807, 2.05) is 17.9 Å². The van der Waals surface area contributed by atoms with Gasteiger partial charge in [0.2, 0.25) is 5.91 Å². The van der Waals surface area contributed by atoms with E-state index in [4.69, 9.17) is 5.73 Å². The first-order valence-electron chi connectivity index (χ1n) is 6.55. The third kappa shape index (κ3) is 3.18. The summed E-state index contributed by atoms with van der Waals surface area (Å²) in [5.74, 6) is 1.19.